The molecule has 2 aromatic carbocycles. The lowest BCUT2D eigenvalue weighted by Crippen LogP contribution is -2.52. The van der Waals surface area contributed by atoms with Gasteiger partial charge in [-0.2, -0.15) is 0 Å². The smallest absolute Gasteiger partial charge is 0.244 e. The van der Waals surface area contributed by atoms with E-state index in [1.54, 1.807) is 44.2 Å². The van der Waals surface area contributed by atoms with E-state index in [0.717, 1.165) is 36.2 Å². The second kappa shape index (κ2) is 12.0. The minimum Gasteiger partial charge on any atom is -0.352 e. The van der Waals surface area contributed by atoms with Crippen LogP contribution in [0.15, 0.2) is 36.4 Å². The molecule has 0 radical (unpaired) electrons. The normalized spacial score (nSPS) is 14.9. The third-order valence-electron chi connectivity index (χ3n) is 6.38. The SMILES string of the molecule is Cc1ccc(Cl)cc1N(CC(=O)N(Cc1c(Cl)cccc1Cl)C(C)C(=O)NC1CCCC1)S(C)(=O)=O. The van der Waals surface area contributed by atoms with E-state index >= 15 is 0 Å². The molecule has 0 bridgehead atoms. The van der Waals surface area contributed by atoms with Gasteiger partial charge in [0.1, 0.15) is 12.6 Å². The zero-order valence-electron chi connectivity index (χ0n) is 20.4. The number of sulfonamides is 1. The predicted molar refractivity (Wildman–Crippen MR) is 145 cm³/mol. The standard InChI is InChI=1S/C25H30Cl3N3O4S/c1-16-11-12-18(26)13-23(16)31(36(3,34)35)15-24(32)30(14-20-21(27)9-6-10-22(20)28)17(2)25(33)29-19-7-4-5-8-19/h6,9-13,17,19H,4-5,7-8,14-15H2,1-3H3,(H,29,33). The van der Waals surface area contributed by atoms with Crippen molar-refractivity contribution in [1.82, 2.24) is 10.2 Å². The van der Waals surface area contributed by atoms with Gasteiger partial charge in [-0.15, -0.1) is 0 Å². The summed E-state index contributed by atoms with van der Waals surface area (Å²) in [6.07, 6.45) is 4.88. The lowest BCUT2D eigenvalue weighted by Gasteiger charge is -2.32. The number of rotatable bonds is 9. The summed E-state index contributed by atoms with van der Waals surface area (Å²) in [5, 5.41) is 4.03. The average Bonchev–Trinajstić information content (AvgIpc) is 3.31. The van der Waals surface area contributed by atoms with Crippen LogP contribution in [0.4, 0.5) is 5.69 Å². The van der Waals surface area contributed by atoms with Gasteiger partial charge in [0.2, 0.25) is 21.8 Å². The fourth-order valence-electron chi connectivity index (χ4n) is 4.27. The van der Waals surface area contributed by atoms with Crippen molar-refractivity contribution in [1.29, 1.82) is 0 Å². The second-order valence-electron chi connectivity index (χ2n) is 9.09. The number of hydrogen-bond acceptors (Lipinski definition) is 4. The van der Waals surface area contributed by atoms with Crippen LogP contribution in [-0.4, -0.2) is 50.0 Å². The van der Waals surface area contributed by atoms with E-state index < -0.39 is 28.5 Å². The molecule has 1 aliphatic carbocycles. The molecule has 196 valence electrons. The van der Waals surface area contributed by atoms with Gasteiger partial charge in [-0.3, -0.25) is 13.9 Å². The Morgan fingerprint density at radius 2 is 1.69 bits per heavy atom. The highest BCUT2D eigenvalue weighted by Gasteiger charge is 2.32. The Kier molecular flexibility index (Phi) is 9.55. The maximum Gasteiger partial charge on any atom is 0.244 e. The molecule has 0 spiro atoms. The van der Waals surface area contributed by atoms with E-state index in [1.807, 2.05) is 0 Å². The second-order valence-corrected chi connectivity index (χ2v) is 12.2. The molecule has 0 aromatic heterocycles. The molecule has 11 heteroatoms. The lowest BCUT2D eigenvalue weighted by molar-refractivity contribution is -0.139. The van der Waals surface area contributed by atoms with Crippen molar-refractivity contribution in [2.24, 2.45) is 0 Å². The summed E-state index contributed by atoms with van der Waals surface area (Å²) in [7, 11) is -3.87. The number of nitrogens with zero attached hydrogens (tertiary/aromatic N) is 2. The van der Waals surface area contributed by atoms with Crippen LogP contribution < -0.4 is 9.62 Å². The highest BCUT2D eigenvalue weighted by atomic mass is 35.5. The van der Waals surface area contributed by atoms with Crippen LogP contribution in [0.3, 0.4) is 0 Å². The van der Waals surface area contributed by atoms with Crippen LogP contribution in [0.25, 0.3) is 0 Å². The van der Waals surface area contributed by atoms with E-state index in [0.29, 0.717) is 26.2 Å². The Hall–Kier alpha value is -2.00. The third-order valence-corrected chi connectivity index (χ3v) is 8.45. The van der Waals surface area contributed by atoms with E-state index in [2.05, 4.69) is 5.32 Å². The molecule has 1 N–H and O–H groups in total. The molecule has 36 heavy (non-hydrogen) atoms. The van der Waals surface area contributed by atoms with Crippen LogP contribution in [0.5, 0.6) is 0 Å². The van der Waals surface area contributed by atoms with Gasteiger partial charge in [0.25, 0.3) is 0 Å². The Morgan fingerprint density at radius 3 is 2.28 bits per heavy atom. The molecule has 1 aliphatic rings. The fourth-order valence-corrected chi connectivity index (χ4v) is 5.86. The molecule has 2 aromatic rings. The number of hydrogen-bond donors (Lipinski definition) is 1. The van der Waals surface area contributed by atoms with Crippen molar-refractivity contribution in [3.63, 3.8) is 0 Å². The molecule has 0 aliphatic heterocycles. The number of nitrogens with one attached hydrogen (secondary N) is 1. The van der Waals surface area contributed by atoms with Gasteiger partial charge in [-0.25, -0.2) is 8.42 Å². The zero-order chi connectivity index (χ0) is 26.6. The van der Waals surface area contributed by atoms with Gasteiger partial charge in [-0.1, -0.05) is 59.8 Å². The summed E-state index contributed by atoms with van der Waals surface area (Å²) < 4.78 is 26.5. The molecular weight excluding hydrogens is 545 g/mol. The van der Waals surface area contributed by atoms with Gasteiger partial charge in [0.15, 0.2) is 0 Å². The molecule has 7 nitrogen and oxygen atoms in total. The summed E-state index contributed by atoms with van der Waals surface area (Å²) in [5.41, 5.74) is 1.39. The number of halogens is 3. The van der Waals surface area contributed by atoms with Gasteiger partial charge in [0.05, 0.1) is 11.9 Å². The summed E-state index contributed by atoms with van der Waals surface area (Å²) in [6.45, 7) is 2.75. The van der Waals surface area contributed by atoms with Crippen molar-refractivity contribution >= 4 is 62.3 Å². The molecule has 2 amide bonds. The minimum absolute atomic E-state index is 0.0578. The number of benzene rings is 2. The quantitative estimate of drug-likeness (QED) is 0.446. The van der Waals surface area contributed by atoms with E-state index in [4.69, 9.17) is 34.8 Å². The first-order chi connectivity index (χ1) is 16.9. The topological polar surface area (TPSA) is 86.8 Å². The van der Waals surface area contributed by atoms with Crippen LogP contribution in [0.1, 0.15) is 43.7 Å². The number of aryl methyl sites for hydroxylation is 1. The molecular formula is C25H30Cl3N3O4S. The van der Waals surface area contributed by atoms with Gasteiger partial charge in [0, 0.05) is 33.2 Å². The lowest BCUT2D eigenvalue weighted by atomic mass is 10.1. The predicted octanol–water partition coefficient (Wildman–Crippen LogP) is 5.20. The Labute approximate surface area is 227 Å². The van der Waals surface area contributed by atoms with E-state index in [1.165, 1.54) is 11.0 Å². The van der Waals surface area contributed by atoms with Crippen molar-refractivity contribution in [2.75, 3.05) is 17.1 Å². The monoisotopic (exact) mass is 573 g/mol. The van der Waals surface area contributed by atoms with Crippen molar-refractivity contribution in [3.05, 3.63) is 62.6 Å². The summed E-state index contributed by atoms with van der Waals surface area (Å²) in [5.74, 6) is -0.895. The van der Waals surface area contributed by atoms with Crippen molar-refractivity contribution in [2.45, 2.75) is 58.2 Å². The summed E-state index contributed by atoms with van der Waals surface area (Å²) in [4.78, 5) is 28.2. The van der Waals surface area contributed by atoms with Gasteiger partial charge < -0.3 is 10.2 Å². The number of carbonyl (C=O) groups is 2. The van der Waals surface area contributed by atoms with Crippen molar-refractivity contribution in [3.8, 4) is 0 Å². The first-order valence-electron chi connectivity index (χ1n) is 11.6. The summed E-state index contributed by atoms with van der Waals surface area (Å²) >= 11 is 18.9. The first-order valence-corrected chi connectivity index (χ1v) is 14.6. The molecule has 1 saturated carbocycles. The third kappa shape index (κ3) is 7.06. The maximum atomic E-state index is 13.7. The number of anilines is 1. The molecule has 3 rings (SSSR count). The van der Waals surface area contributed by atoms with E-state index in [-0.39, 0.29) is 24.2 Å². The fraction of sp³-hybridized carbons (Fsp3) is 0.440. The average molecular weight is 575 g/mol. The molecule has 1 fully saturated rings. The van der Waals surface area contributed by atoms with Crippen LogP contribution in [0.2, 0.25) is 15.1 Å². The first kappa shape index (κ1) is 28.6. The molecule has 0 saturated heterocycles. The largest absolute Gasteiger partial charge is 0.352 e. The summed E-state index contributed by atoms with van der Waals surface area (Å²) in [6, 6.07) is 8.96. The minimum atomic E-state index is -3.87. The molecule has 0 heterocycles. The van der Waals surface area contributed by atoms with Crippen molar-refractivity contribution < 1.29 is 18.0 Å². The molecule has 1 unspecified atom stereocenters. The van der Waals surface area contributed by atoms with Crippen LogP contribution >= 0.6 is 34.8 Å². The number of amides is 2. The Bertz CT molecular complexity index is 1210. The highest BCUT2D eigenvalue weighted by molar-refractivity contribution is 7.92. The van der Waals surface area contributed by atoms with Crippen LogP contribution in [-0.2, 0) is 26.2 Å². The maximum absolute atomic E-state index is 13.7. The Balaban J connectivity index is 1.96. The van der Waals surface area contributed by atoms with Crippen LogP contribution in [0, 0.1) is 6.92 Å². The highest BCUT2D eigenvalue weighted by Crippen LogP contribution is 2.29. The zero-order valence-corrected chi connectivity index (χ0v) is 23.5. The van der Waals surface area contributed by atoms with Gasteiger partial charge in [-0.05, 0) is 56.5 Å². The Morgan fingerprint density at radius 1 is 1.08 bits per heavy atom. The van der Waals surface area contributed by atoms with E-state index in [9.17, 15) is 18.0 Å². The molecule has 1 atom stereocenters. The number of carbonyl (C=O) groups excluding carboxylic acids is 2. The van der Waals surface area contributed by atoms with Gasteiger partial charge >= 0.3 is 0 Å².